The Morgan fingerprint density at radius 3 is 3.07 bits per heavy atom. The first-order valence-electron chi connectivity index (χ1n) is 4.57. The lowest BCUT2D eigenvalue weighted by molar-refractivity contribution is 0.568. The van der Waals surface area contributed by atoms with Gasteiger partial charge in [-0.1, -0.05) is 12.1 Å². The molecule has 1 aliphatic rings. The van der Waals surface area contributed by atoms with Gasteiger partial charge >= 0.3 is 0 Å². The molecule has 0 bridgehead atoms. The summed E-state index contributed by atoms with van der Waals surface area (Å²) in [6, 6.07) is 8.78. The third-order valence-corrected chi connectivity index (χ3v) is 2.94. The molecule has 14 heavy (non-hydrogen) atoms. The van der Waals surface area contributed by atoms with Gasteiger partial charge in [-0.25, -0.2) is 0 Å². The van der Waals surface area contributed by atoms with E-state index in [0.29, 0.717) is 12.0 Å². The lowest BCUT2D eigenvalue weighted by atomic mass is 10.0. The minimum atomic E-state index is 0.321. The van der Waals surface area contributed by atoms with Crippen LogP contribution in [-0.4, -0.2) is 12.5 Å². The maximum Gasteiger partial charge on any atom is 0.189 e. The van der Waals surface area contributed by atoms with Crippen molar-refractivity contribution >= 4 is 28.6 Å². The molecule has 1 aromatic carbocycles. The summed E-state index contributed by atoms with van der Waals surface area (Å²) >= 11 is 2.32. The molecule has 0 radical (unpaired) electrons. The van der Waals surface area contributed by atoms with Crippen LogP contribution in [0, 0.1) is 3.57 Å². The fourth-order valence-electron chi connectivity index (χ4n) is 1.58. The van der Waals surface area contributed by atoms with E-state index in [-0.39, 0.29) is 0 Å². The van der Waals surface area contributed by atoms with Crippen LogP contribution in [0.5, 0.6) is 0 Å². The summed E-state index contributed by atoms with van der Waals surface area (Å²) in [5.41, 5.74) is 6.92. The van der Waals surface area contributed by atoms with E-state index in [1.807, 2.05) is 0 Å². The van der Waals surface area contributed by atoms with Crippen molar-refractivity contribution in [3.63, 3.8) is 0 Å². The Hall–Kier alpha value is -0.780. The van der Waals surface area contributed by atoms with Crippen LogP contribution in [-0.2, 0) is 0 Å². The number of nitrogens with zero attached hydrogens (tertiary/aromatic N) is 1. The van der Waals surface area contributed by atoms with Gasteiger partial charge in [-0.05, 0) is 46.7 Å². The molecule has 0 spiro atoms. The summed E-state index contributed by atoms with van der Waals surface area (Å²) in [5, 5.41) is 3.18. The summed E-state index contributed by atoms with van der Waals surface area (Å²) in [7, 11) is 0. The summed E-state index contributed by atoms with van der Waals surface area (Å²) in [6.45, 7) is 0.814. The molecule has 3 nitrogen and oxygen atoms in total. The average molecular weight is 301 g/mol. The van der Waals surface area contributed by atoms with Crippen molar-refractivity contribution < 1.29 is 0 Å². The first-order valence-corrected chi connectivity index (χ1v) is 5.65. The van der Waals surface area contributed by atoms with Crippen LogP contribution < -0.4 is 11.1 Å². The highest BCUT2D eigenvalue weighted by Crippen LogP contribution is 2.20. The molecule has 0 saturated carbocycles. The lowest BCUT2D eigenvalue weighted by Crippen LogP contribution is -2.38. The predicted octanol–water partition coefficient (Wildman–Crippen LogP) is 1.64. The van der Waals surface area contributed by atoms with E-state index in [9.17, 15) is 0 Å². The second kappa shape index (κ2) is 4.16. The number of nitrogens with two attached hydrogens (primary N) is 1. The molecule has 3 N–H and O–H groups in total. The first-order chi connectivity index (χ1) is 6.75. The lowest BCUT2D eigenvalue weighted by Gasteiger charge is -2.23. The van der Waals surface area contributed by atoms with E-state index < -0.39 is 0 Å². The molecule has 0 saturated heterocycles. The number of rotatable bonds is 1. The van der Waals surface area contributed by atoms with E-state index in [1.165, 1.54) is 9.13 Å². The van der Waals surface area contributed by atoms with Gasteiger partial charge in [-0.2, -0.15) is 0 Å². The average Bonchev–Trinajstić information content (AvgIpc) is 2.18. The highest BCUT2D eigenvalue weighted by molar-refractivity contribution is 14.1. The monoisotopic (exact) mass is 301 g/mol. The quantitative estimate of drug-likeness (QED) is 0.775. The molecule has 74 valence electrons. The van der Waals surface area contributed by atoms with Crippen LogP contribution in [0.4, 0.5) is 0 Å². The van der Waals surface area contributed by atoms with E-state index in [1.54, 1.807) is 0 Å². The summed E-state index contributed by atoms with van der Waals surface area (Å²) < 4.78 is 1.25. The van der Waals surface area contributed by atoms with Gasteiger partial charge in [0.05, 0.1) is 6.04 Å². The van der Waals surface area contributed by atoms with Crippen molar-refractivity contribution in [2.45, 2.75) is 12.5 Å². The van der Waals surface area contributed by atoms with E-state index >= 15 is 0 Å². The van der Waals surface area contributed by atoms with Crippen molar-refractivity contribution in [2.75, 3.05) is 6.54 Å². The van der Waals surface area contributed by atoms with E-state index in [2.05, 4.69) is 57.2 Å². The third kappa shape index (κ3) is 2.17. The zero-order valence-corrected chi connectivity index (χ0v) is 9.86. The summed E-state index contributed by atoms with van der Waals surface area (Å²) in [4.78, 5) is 4.11. The second-order valence-corrected chi connectivity index (χ2v) is 4.55. The molecule has 0 aliphatic carbocycles. The van der Waals surface area contributed by atoms with Gasteiger partial charge in [0.25, 0.3) is 0 Å². The molecular formula is C10H12IN3. The molecule has 1 atom stereocenters. The van der Waals surface area contributed by atoms with E-state index in [0.717, 1.165) is 13.0 Å². The van der Waals surface area contributed by atoms with Gasteiger partial charge in [0.1, 0.15) is 0 Å². The number of aliphatic imine (C=N–C) groups is 1. The van der Waals surface area contributed by atoms with Gasteiger partial charge in [0, 0.05) is 10.1 Å². The molecule has 0 aromatic heterocycles. The summed E-state index contributed by atoms with van der Waals surface area (Å²) in [6.07, 6.45) is 1.01. The molecule has 0 amide bonds. The van der Waals surface area contributed by atoms with Gasteiger partial charge in [0.2, 0.25) is 0 Å². The number of halogens is 1. The van der Waals surface area contributed by atoms with Gasteiger partial charge in [-0.15, -0.1) is 0 Å². The first kappa shape index (κ1) is 9.76. The number of hydrogen-bond acceptors (Lipinski definition) is 3. The maximum atomic E-state index is 5.64. The standard InChI is InChI=1S/C10H12IN3/c11-8-3-1-2-7(6-8)9-4-5-13-10(12)14-9/h1-3,6,9H,4-5H2,(H3,12,13,14). The molecule has 1 aliphatic heterocycles. The van der Waals surface area contributed by atoms with Gasteiger partial charge in [-0.3, -0.25) is 4.99 Å². The number of hydrogen-bond donors (Lipinski definition) is 2. The largest absolute Gasteiger partial charge is 0.370 e. The summed E-state index contributed by atoms with van der Waals surface area (Å²) in [5.74, 6) is 0.556. The normalized spacial score (nSPS) is 21.2. The number of guanidine groups is 1. The topological polar surface area (TPSA) is 50.4 Å². The zero-order chi connectivity index (χ0) is 9.97. The molecule has 1 aromatic rings. The second-order valence-electron chi connectivity index (χ2n) is 3.31. The van der Waals surface area contributed by atoms with Crippen LogP contribution in [0.3, 0.4) is 0 Å². The van der Waals surface area contributed by atoms with Crippen molar-refractivity contribution in [3.05, 3.63) is 33.4 Å². The molecule has 4 heteroatoms. The Morgan fingerprint density at radius 1 is 1.50 bits per heavy atom. The fourth-order valence-corrected chi connectivity index (χ4v) is 2.15. The van der Waals surface area contributed by atoms with Gasteiger partial charge in [0.15, 0.2) is 5.96 Å². The van der Waals surface area contributed by atoms with Crippen LogP contribution in [0.15, 0.2) is 29.3 Å². The number of nitrogens with one attached hydrogen (secondary N) is 1. The van der Waals surface area contributed by atoms with Gasteiger partial charge < -0.3 is 11.1 Å². The Morgan fingerprint density at radius 2 is 2.36 bits per heavy atom. The highest BCUT2D eigenvalue weighted by atomic mass is 127. The maximum absolute atomic E-state index is 5.64. The smallest absolute Gasteiger partial charge is 0.189 e. The SMILES string of the molecule is NC1=NCCC(c2cccc(I)c2)N1. The van der Waals surface area contributed by atoms with Crippen molar-refractivity contribution in [2.24, 2.45) is 10.7 Å². The fraction of sp³-hybridized carbons (Fsp3) is 0.300. The number of benzene rings is 1. The molecule has 1 unspecified atom stereocenters. The van der Waals surface area contributed by atoms with Crippen LogP contribution in [0.2, 0.25) is 0 Å². The van der Waals surface area contributed by atoms with Crippen molar-refractivity contribution in [3.8, 4) is 0 Å². The minimum absolute atomic E-state index is 0.321. The predicted molar refractivity (Wildman–Crippen MR) is 66.1 cm³/mol. The van der Waals surface area contributed by atoms with E-state index in [4.69, 9.17) is 5.73 Å². The Labute approximate surface area is 96.9 Å². The van der Waals surface area contributed by atoms with Crippen LogP contribution >= 0.6 is 22.6 Å². The minimum Gasteiger partial charge on any atom is -0.370 e. The molecule has 0 fully saturated rings. The molecule has 2 rings (SSSR count). The zero-order valence-electron chi connectivity index (χ0n) is 7.70. The Bertz CT molecular complexity index is 362. The van der Waals surface area contributed by atoms with Crippen molar-refractivity contribution in [1.29, 1.82) is 0 Å². The highest BCUT2D eigenvalue weighted by Gasteiger charge is 2.15. The van der Waals surface area contributed by atoms with Crippen LogP contribution in [0.1, 0.15) is 18.0 Å². The van der Waals surface area contributed by atoms with Crippen LogP contribution in [0.25, 0.3) is 0 Å². The Balaban J connectivity index is 2.19. The Kier molecular flexibility index (Phi) is 2.90. The van der Waals surface area contributed by atoms with Crippen molar-refractivity contribution in [1.82, 2.24) is 5.32 Å². The molecular weight excluding hydrogens is 289 g/mol. The molecule has 1 heterocycles. The third-order valence-electron chi connectivity index (χ3n) is 2.27.